The molecular weight excluding hydrogens is 304 g/mol. The molecule has 1 aliphatic heterocycles. The molecule has 24 heavy (non-hydrogen) atoms. The minimum atomic E-state index is -0.184. The molecular formula is C17H22N6O. The summed E-state index contributed by atoms with van der Waals surface area (Å²) < 4.78 is 0. The van der Waals surface area contributed by atoms with E-state index in [-0.39, 0.29) is 11.3 Å². The van der Waals surface area contributed by atoms with Crippen LogP contribution in [-0.2, 0) is 5.41 Å². The van der Waals surface area contributed by atoms with E-state index in [0.717, 1.165) is 24.6 Å². The van der Waals surface area contributed by atoms with Gasteiger partial charge >= 0.3 is 0 Å². The van der Waals surface area contributed by atoms with E-state index in [1.54, 1.807) is 6.20 Å². The summed E-state index contributed by atoms with van der Waals surface area (Å²) in [5.41, 5.74) is 1.34. The van der Waals surface area contributed by atoms with Crippen molar-refractivity contribution >= 4 is 11.7 Å². The molecule has 126 valence electrons. The molecule has 1 fully saturated rings. The minimum Gasteiger partial charge on any atom is -0.354 e. The van der Waals surface area contributed by atoms with Crippen LogP contribution in [0.15, 0.2) is 30.7 Å². The summed E-state index contributed by atoms with van der Waals surface area (Å²) in [7, 11) is 0. The Morgan fingerprint density at radius 1 is 1.25 bits per heavy atom. The fraction of sp³-hybridized carbons (Fsp3) is 0.471. The number of hydrogen-bond donors (Lipinski definition) is 1. The number of carbonyl (C=O) groups excluding carboxylic acids is 1. The normalized spacial score (nSPS) is 15.0. The molecule has 0 aromatic carbocycles. The molecule has 0 radical (unpaired) electrons. The number of anilines is 1. The van der Waals surface area contributed by atoms with Gasteiger partial charge in [-0.2, -0.15) is 5.10 Å². The Morgan fingerprint density at radius 2 is 2.04 bits per heavy atom. The highest BCUT2D eigenvalue weighted by atomic mass is 16.1. The predicted octanol–water partition coefficient (Wildman–Crippen LogP) is 1.43. The van der Waals surface area contributed by atoms with Crippen LogP contribution in [0, 0.1) is 5.92 Å². The summed E-state index contributed by atoms with van der Waals surface area (Å²) >= 11 is 0. The summed E-state index contributed by atoms with van der Waals surface area (Å²) in [5.74, 6) is 1.12. The van der Waals surface area contributed by atoms with Crippen molar-refractivity contribution in [2.24, 2.45) is 5.92 Å². The predicted molar refractivity (Wildman–Crippen MR) is 90.8 cm³/mol. The van der Waals surface area contributed by atoms with Crippen LogP contribution < -0.4 is 10.2 Å². The molecule has 1 aliphatic rings. The summed E-state index contributed by atoms with van der Waals surface area (Å²) in [6.45, 7) is 8.72. The third-order valence-electron chi connectivity index (χ3n) is 4.05. The zero-order chi connectivity index (χ0) is 17.2. The Bertz CT molecular complexity index is 689. The quantitative estimate of drug-likeness (QED) is 0.915. The van der Waals surface area contributed by atoms with Crippen LogP contribution in [0.1, 0.15) is 37.0 Å². The van der Waals surface area contributed by atoms with Crippen LogP contribution in [0.4, 0.5) is 5.82 Å². The van der Waals surface area contributed by atoms with Gasteiger partial charge in [-0.1, -0.05) is 20.8 Å². The minimum absolute atomic E-state index is 0.00756. The van der Waals surface area contributed by atoms with Gasteiger partial charge in [-0.25, -0.2) is 4.98 Å². The standard InChI is InChI=1S/C17H22N6O/c1-17(2,3)14-4-5-15(22-21-14)23-10-12(11-23)8-20-16(24)13-9-18-6-7-19-13/h4-7,9,12H,8,10-11H2,1-3H3,(H,20,24). The van der Waals surface area contributed by atoms with Crippen molar-refractivity contribution < 1.29 is 4.79 Å². The van der Waals surface area contributed by atoms with Crippen molar-refractivity contribution in [2.45, 2.75) is 26.2 Å². The van der Waals surface area contributed by atoms with Crippen molar-refractivity contribution in [1.82, 2.24) is 25.5 Å². The third-order valence-corrected chi connectivity index (χ3v) is 4.05. The van der Waals surface area contributed by atoms with Gasteiger partial charge in [-0.15, -0.1) is 5.10 Å². The summed E-state index contributed by atoms with van der Waals surface area (Å²) in [6, 6.07) is 4.05. The first-order chi connectivity index (χ1) is 11.4. The van der Waals surface area contributed by atoms with Crippen LogP contribution in [0.5, 0.6) is 0 Å². The molecule has 2 aromatic rings. The van der Waals surface area contributed by atoms with Crippen molar-refractivity contribution in [3.63, 3.8) is 0 Å². The molecule has 0 bridgehead atoms. The van der Waals surface area contributed by atoms with Gasteiger partial charge in [0.25, 0.3) is 5.91 Å². The van der Waals surface area contributed by atoms with Gasteiger partial charge in [0.05, 0.1) is 11.9 Å². The Morgan fingerprint density at radius 3 is 2.62 bits per heavy atom. The molecule has 0 spiro atoms. The molecule has 0 saturated carbocycles. The zero-order valence-corrected chi connectivity index (χ0v) is 14.2. The van der Waals surface area contributed by atoms with E-state index in [1.165, 1.54) is 12.4 Å². The van der Waals surface area contributed by atoms with Gasteiger partial charge in [0.1, 0.15) is 5.69 Å². The fourth-order valence-corrected chi connectivity index (χ4v) is 2.52. The highest BCUT2D eigenvalue weighted by Crippen LogP contribution is 2.24. The van der Waals surface area contributed by atoms with Gasteiger partial charge < -0.3 is 10.2 Å². The van der Waals surface area contributed by atoms with Crippen molar-refractivity contribution in [2.75, 3.05) is 24.5 Å². The first-order valence-corrected chi connectivity index (χ1v) is 8.07. The number of nitrogens with zero attached hydrogens (tertiary/aromatic N) is 5. The number of nitrogens with one attached hydrogen (secondary N) is 1. The van der Waals surface area contributed by atoms with Gasteiger partial charge in [0, 0.05) is 43.4 Å². The van der Waals surface area contributed by atoms with Crippen molar-refractivity contribution in [1.29, 1.82) is 0 Å². The average Bonchev–Trinajstić information content (AvgIpc) is 2.53. The maximum atomic E-state index is 11.9. The van der Waals surface area contributed by atoms with E-state index in [4.69, 9.17) is 0 Å². The molecule has 7 nitrogen and oxygen atoms in total. The lowest BCUT2D eigenvalue weighted by molar-refractivity contribution is 0.0939. The molecule has 0 unspecified atom stereocenters. The summed E-state index contributed by atoms with van der Waals surface area (Å²) in [5, 5.41) is 11.5. The molecule has 3 heterocycles. The zero-order valence-electron chi connectivity index (χ0n) is 14.2. The monoisotopic (exact) mass is 326 g/mol. The first kappa shape index (κ1) is 16.3. The lowest BCUT2D eigenvalue weighted by atomic mass is 9.92. The van der Waals surface area contributed by atoms with Crippen LogP contribution in [-0.4, -0.2) is 45.7 Å². The molecule has 1 saturated heterocycles. The molecule has 1 amide bonds. The molecule has 2 aromatic heterocycles. The van der Waals surface area contributed by atoms with E-state index in [2.05, 4.69) is 51.2 Å². The lowest BCUT2D eigenvalue weighted by Gasteiger charge is -2.40. The van der Waals surface area contributed by atoms with Gasteiger partial charge in [0.15, 0.2) is 5.82 Å². The summed E-state index contributed by atoms with van der Waals surface area (Å²) in [6.07, 6.45) is 4.53. The van der Waals surface area contributed by atoms with Crippen LogP contribution in [0.3, 0.4) is 0 Å². The smallest absolute Gasteiger partial charge is 0.271 e. The van der Waals surface area contributed by atoms with E-state index < -0.39 is 0 Å². The average molecular weight is 326 g/mol. The van der Waals surface area contributed by atoms with E-state index in [9.17, 15) is 4.79 Å². The Kier molecular flexibility index (Phi) is 4.42. The number of amides is 1. The van der Waals surface area contributed by atoms with Crippen molar-refractivity contribution in [3.05, 3.63) is 42.1 Å². The van der Waals surface area contributed by atoms with Crippen LogP contribution in [0.2, 0.25) is 0 Å². The van der Waals surface area contributed by atoms with Crippen LogP contribution >= 0.6 is 0 Å². The second kappa shape index (κ2) is 6.51. The highest BCUT2D eigenvalue weighted by molar-refractivity contribution is 5.91. The number of aromatic nitrogens is 4. The topological polar surface area (TPSA) is 83.9 Å². The maximum Gasteiger partial charge on any atom is 0.271 e. The van der Waals surface area contributed by atoms with Gasteiger partial charge in [-0.05, 0) is 12.1 Å². The number of hydrogen-bond acceptors (Lipinski definition) is 6. The third kappa shape index (κ3) is 3.67. The fourth-order valence-electron chi connectivity index (χ4n) is 2.52. The second-order valence-electron chi connectivity index (χ2n) is 7.10. The SMILES string of the molecule is CC(C)(C)c1ccc(N2CC(CNC(=O)c3cnccn3)C2)nn1. The number of rotatable bonds is 4. The Labute approximate surface area is 141 Å². The highest BCUT2D eigenvalue weighted by Gasteiger charge is 2.28. The van der Waals surface area contributed by atoms with Crippen molar-refractivity contribution in [3.8, 4) is 0 Å². The molecule has 3 rings (SSSR count). The molecule has 7 heteroatoms. The van der Waals surface area contributed by atoms with E-state index >= 15 is 0 Å². The molecule has 0 atom stereocenters. The number of carbonyl (C=O) groups is 1. The van der Waals surface area contributed by atoms with Gasteiger partial charge in [-0.3, -0.25) is 9.78 Å². The van der Waals surface area contributed by atoms with Gasteiger partial charge in [0.2, 0.25) is 0 Å². The van der Waals surface area contributed by atoms with E-state index in [1.807, 2.05) is 12.1 Å². The largest absolute Gasteiger partial charge is 0.354 e. The van der Waals surface area contributed by atoms with E-state index in [0.29, 0.717) is 18.2 Å². The Balaban J connectivity index is 1.47. The van der Waals surface area contributed by atoms with Crippen LogP contribution in [0.25, 0.3) is 0 Å². The second-order valence-corrected chi connectivity index (χ2v) is 7.10. The first-order valence-electron chi connectivity index (χ1n) is 8.07. The molecule has 0 aliphatic carbocycles. The molecule has 1 N–H and O–H groups in total. The maximum absolute atomic E-state index is 11.9. The Hall–Kier alpha value is -2.57. The summed E-state index contributed by atoms with van der Waals surface area (Å²) in [4.78, 5) is 22.0. The lowest BCUT2D eigenvalue weighted by Crippen LogP contribution is -2.52.